The van der Waals surface area contributed by atoms with E-state index in [2.05, 4.69) is 5.16 Å². The third kappa shape index (κ3) is 2.71. The van der Waals surface area contributed by atoms with Crippen molar-refractivity contribution in [2.45, 2.75) is 0 Å². The lowest BCUT2D eigenvalue weighted by molar-refractivity contribution is -0.412. The molecule has 0 unspecified atom stereocenters. The van der Waals surface area contributed by atoms with Gasteiger partial charge in [0, 0.05) is 6.08 Å². The van der Waals surface area contributed by atoms with E-state index in [-0.39, 0.29) is 5.70 Å². The Labute approximate surface area is 80.1 Å². The van der Waals surface area contributed by atoms with Gasteiger partial charge in [0.2, 0.25) is 0 Å². The second kappa shape index (κ2) is 4.76. The predicted molar refractivity (Wildman–Crippen MR) is 51.7 cm³/mol. The molecule has 0 aliphatic heterocycles. The van der Waals surface area contributed by atoms with Crippen molar-refractivity contribution in [1.29, 1.82) is 0 Å². The van der Waals surface area contributed by atoms with Crippen LogP contribution in [0.4, 0.5) is 0 Å². The first-order valence-corrected chi connectivity index (χ1v) is 3.82. The van der Waals surface area contributed by atoms with Crippen LogP contribution in [0.15, 0.2) is 41.2 Å². The van der Waals surface area contributed by atoms with Gasteiger partial charge in [0.25, 0.3) is 5.70 Å². The van der Waals surface area contributed by atoms with Crippen LogP contribution in [0.2, 0.25) is 0 Å². The van der Waals surface area contributed by atoms with Gasteiger partial charge in [-0.05, 0) is 5.56 Å². The first-order chi connectivity index (χ1) is 6.74. The number of rotatable bonds is 3. The predicted octanol–water partition coefficient (Wildman–Crippen LogP) is 1.76. The Hall–Kier alpha value is -2.17. The van der Waals surface area contributed by atoms with Gasteiger partial charge >= 0.3 is 0 Å². The molecule has 1 rings (SSSR count). The average molecular weight is 192 g/mol. The monoisotopic (exact) mass is 192 g/mol. The van der Waals surface area contributed by atoms with Crippen LogP contribution in [-0.2, 0) is 0 Å². The molecular weight excluding hydrogens is 184 g/mol. The maximum atomic E-state index is 10.4. The molecule has 5 nitrogen and oxygen atoms in total. The minimum atomic E-state index is -0.618. The molecule has 0 heterocycles. The van der Waals surface area contributed by atoms with Crippen molar-refractivity contribution < 1.29 is 10.1 Å². The third-order valence-electron chi connectivity index (χ3n) is 1.51. The molecule has 0 bridgehead atoms. The molecule has 1 aromatic carbocycles. The number of hydrogen-bond donors (Lipinski definition) is 1. The Morgan fingerprint density at radius 2 is 2.07 bits per heavy atom. The van der Waals surface area contributed by atoms with E-state index in [9.17, 15) is 10.1 Å². The molecule has 0 spiro atoms. The van der Waals surface area contributed by atoms with Crippen molar-refractivity contribution in [2.24, 2.45) is 5.16 Å². The molecule has 0 saturated heterocycles. The van der Waals surface area contributed by atoms with Crippen molar-refractivity contribution in [3.8, 4) is 0 Å². The second-order valence-corrected chi connectivity index (χ2v) is 2.48. The fraction of sp³-hybridized carbons (Fsp3) is 0. The van der Waals surface area contributed by atoms with E-state index in [0.717, 1.165) is 6.21 Å². The lowest BCUT2D eigenvalue weighted by atomic mass is 10.2. The highest BCUT2D eigenvalue weighted by atomic mass is 16.6. The summed E-state index contributed by atoms with van der Waals surface area (Å²) >= 11 is 0. The molecule has 0 aliphatic rings. The topological polar surface area (TPSA) is 75.7 Å². The first-order valence-electron chi connectivity index (χ1n) is 3.82. The molecule has 0 aliphatic carbocycles. The Bertz CT molecular complexity index is 371. The molecule has 72 valence electrons. The normalized spacial score (nSPS) is 11.9. The number of oxime groups is 1. The fourth-order valence-electron chi connectivity index (χ4n) is 0.916. The lowest BCUT2D eigenvalue weighted by Gasteiger charge is -1.91. The average Bonchev–Trinajstić information content (AvgIpc) is 2.18. The first kappa shape index (κ1) is 9.91. The second-order valence-electron chi connectivity index (χ2n) is 2.48. The number of nitro groups is 1. The Kier molecular flexibility index (Phi) is 3.37. The van der Waals surface area contributed by atoms with Gasteiger partial charge in [-0.15, -0.1) is 0 Å². The quantitative estimate of drug-likeness (QED) is 0.343. The molecule has 14 heavy (non-hydrogen) atoms. The van der Waals surface area contributed by atoms with E-state index in [1.807, 2.05) is 6.07 Å². The molecule has 0 fully saturated rings. The van der Waals surface area contributed by atoms with Gasteiger partial charge in [-0.2, -0.15) is 0 Å². The molecule has 0 saturated carbocycles. The molecular formula is C9H8N2O3. The summed E-state index contributed by atoms with van der Waals surface area (Å²) in [6.45, 7) is 0. The molecule has 0 amide bonds. The summed E-state index contributed by atoms with van der Waals surface area (Å²) in [7, 11) is 0. The molecule has 0 aromatic heterocycles. The fourth-order valence-corrected chi connectivity index (χ4v) is 0.916. The maximum Gasteiger partial charge on any atom is 0.291 e. The van der Waals surface area contributed by atoms with Crippen LogP contribution in [0.5, 0.6) is 0 Å². The van der Waals surface area contributed by atoms with Crippen molar-refractivity contribution in [1.82, 2.24) is 0 Å². The highest BCUT2D eigenvalue weighted by Gasteiger charge is 2.06. The van der Waals surface area contributed by atoms with Gasteiger partial charge in [0.15, 0.2) is 0 Å². The standard InChI is InChI=1S/C9H8N2O3/c12-10-7-9(11(13)14)6-8-4-2-1-3-5-8/h1-7,12H. The van der Waals surface area contributed by atoms with Crippen LogP contribution in [0.25, 0.3) is 6.08 Å². The Morgan fingerprint density at radius 1 is 1.43 bits per heavy atom. The molecule has 1 aromatic rings. The molecule has 1 N–H and O–H groups in total. The van der Waals surface area contributed by atoms with E-state index in [4.69, 9.17) is 5.21 Å². The third-order valence-corrected chi connectivity index (χ3v) is 1.51. The SMILES string of the molecule is O=[N+]([O-])C(C=NO)=Cc1ccccc1. The van der Waals surface area contributed by atoms with Crippen molar-refractivity contribution in [2.75, 3.05) is 0 Å². The summed E-state index contributed by atoms with van der Waals surface area (Å²) < 4.78 is 0. The van der Waals surface area contributed by atoms with Crippen LogP contribution in [0.1, 0.15) is 5.56 Å². The van der Waals surface area contributed by atoms with E-state index in [1.165, 1.54) is 6.08 Å². The van der Waals surface area contributed by atoms with Crippen molar-refractivity contribution in [3.05, 3.63) is 51.7 Å². The largest absolute Gasteiger partial charge is 0.411 e. The van der Waals surface area contributed by atoms with Crippen LogP contribution >= 0.6 is 0 Å². The Balaban J connectivity index is 2.99. The van der Waals surface area contributed by atoms with Gasteiger partial charge in [0.05, 0.1) is 4.92 Å². The summed E-state index contributed by atoms with van der Waals surface area (Å²) in [5.74, 6) is 0. The van der Waals surface area contributed by atoms with Gasteiger partial charge in [0.1, 0.15) is 6.21 Å². The summed E-state index contributed by atoms with van der Waals surface area (Å²) in [6.07, 6.45) is 2.10. The zero-order valence-corrected chi connectivity index (χ0v) is 7.20. The van der Waals surface area contributed by atoms with E-state index in [0.29, 0.717) is 5.56 Å². The maximum absolute atomic E-state index is 10.4. The zero-order valence-electron chi connectivity index (χ0n) is 7.20. The van der Waals surface area contributed by atoms with Crippen molar-refractivity contribution >= 4 is 12.3 Å². The molecule has 5 heteroatoms. The number of benzene rings is 1. The number of nitrogens with zero attached hydrogens (tertiary/aromatic N) is 2. The van der Waals surface area contributed by atoms with Gasteiger partial charge in [-0.1, -0.05) is 35.5 Å². The van der Waals surface area contributed by atoms with E-state index in [1.54, 1.807) is 24.3 Å². The summed E-state index contributed by atoms with van der Waals surface area (Å²) in [5.41, 5.74) is 0.415. The van der Waals surface area contributed by atoms with Crippen LogP contribution in [0, 0.1) is 10.1 Å². The van der Waals surface area contributed by atoms with E-state index < -0.39 is 4.92 Å². The minimum absolute atomic E-state index is 0.265. The van der Waals surface area contributed by atoms with Crippen LogP contribution in [-0.4, -0.2) is 16.3 Å². The van der Waals surface area contributed by atoms with Crippen molar-refractivity contribution in [3.63, 3.8) is 0 Å². The van der Waals surface area contributed by atoms with Crippen LogP contribution < -0.4 is 0 Å². The summed E-state index contributed by atoms with van der Waals surface area (Å²) in [6, 6.07) is 8.77. The van der Waals surface area contributed by atoms with Crippen LogP contribution in [0.3, 0.4) is 0 Å². The smallest absolute Gasteiger partial charge is 0.291 e. The Morgan fingerprint density at radius 3 is 2.57 bits per heavy atom. The lowest BCUT2D eigenvalue weighted by Crippen LogP contribution is -1.99. The minimum Gasteiger partial charge on any atom is -0.411 e. The van der Waals surface area contributed by atoms with E-state index >= 15 is 0 Å². The molecule has 0 radical (unpaired) electrons. The van der Waals surface area contributed by atoms with Gasteiger partial charge < -0.3 is 5.21 Å². The highest BCUT2D eigenvalue weighted by Crippen LogP contribution is 2.05. The van der Waals surface area contributed by atoms with Gasteiger partial charge in [-0.25, -0.2) is 0 Å². The van der Waals surface area contributed by atoms with Gasteiger partial charge in [-0.3, -0.25) is 10.1 Å². The number of hydrogen-bond acceptors (Lipinski definition) is 4. The highest BCUT2D eigenvalue weighted by molar-refractivity contribution is 5.81. The number of allylic oxidation sites excluding steroid dienone is 1. The molecule has 0 atom stereocenters. The zero-order chi connectivity index (χ0) is 10.4. The summed E-state index contributed by atoms with van der Waals surface area (Å²) in [4.78, 5) is 9.81. The summed E-state index contributed by atoms with van der Waals surface area (Å²) in [5, 5.41) is 21.2.